The van der Waals surface area contributed by atoms with Gasteiger partial charge in [0.15, 0.2) is 11.5 Å². The van der Waals surface area contributed by atoms with Crippen LogP contribution in [0.25, 0.3) is 0 Å². The van der Waals surface area contributed by atoms with Crippen LogP contribution in [0.1, 0.15) is 39.7 Å². The predicted octanol–water partition coefficient (Wildman–Crippen LogP) is 4.62. The second kappa shape index (κ2) is 13.5. The number of benzene rings is 3. The van der Waals surface area contributed by atoms with Gasteiger partial charge in [0.25, 0.3) is 10.0 Å². The lowest BCUT2D eigenvalue weighted by Crippen LogP contribution is -2.55. The molecule has 0 aliphatic rings. The zero-order chi connectivity index (χ0) is 30.2. The Morgan fingerprint density at radius 2 is 1.46 bits per heavy atom. The van der Waals surface area contributed by atoms with Gasteiger partial charge in [0.2, 0.25) is 11.8 Å². The molecular formula is C31H39N3O6S. The smallest absolute Gasteiger partial charge is 0.264 e. The zero-order valence-corrected chi connectivity index (χ0v) is 25.3. The molecular weight excluding hydrogens is 542 g/mol. The molecule has 0 aliphatic heterocycles. The van der Waals surface area contributed by atoms with Crippen LogP contribution >= 0.6 is 0 Å². The van der Waals surface area contributed by atoms with E-state index in [1.807, 2.05) is 58.0 Å². The number of para-hydroxylation sites is 1. The van der Waals surface area contributed by atoms with Gasteiger partial charge in [-0.15, -0.1) is 0 Å². The van der Waals surface area contributed by atoms with Crippen molar-refractivity contribution in [3.05, 3.63) is 84.4 Å². The first-order valence-corrected chi connectivity index (χ1v) is 14.8. The predicted molar refractivity (Wildman–Crippen MR) is 159 cm³/mol. The summed E-state index contributed by atoms with van der Waals surface area (Å²) < 4.78 is 39.8. The Bertz CT molecular complexity index is 1420. The summed E-state index contributed by atoms with van der Waals surface area (Å²) >= 11 is 0. The molecule has 0 aromatic heterocycles. The molecule has 3 aromatic rings. The third-order valence-electron chi connectivity index (χ3n) is 6.35. The molecule has 0 aliphatic carbocycles. The first-order valence-electron chi connectivity index (χ1n) is 13.4. The van der Waals surface area contributed by atoms with Crippen molar-refractivity contribution in [2.24, 2.45) is 0 Å². The lowest BCUT2D eigenvalue weighted by molar-refractivity contribution is -0.141. The highest BCUT2D eigenvalue weighted by molar-refractivity contribution is 7.92. The van der Waals surface area contributed by atoms with E-state index in [2.05, 4.69) is 5.32 Å². The Labute approximate surface area is 243 Å². The highest BCUT2D eigenvalue weighted by Gasteiger charge is 2.34. The number of carbonyl (C=O) groups is 2. The number of anilines is 1. The molecule has 220 valence electrons. The Morgan fingerprint density at radius 1 is 0.878 bits per heavy atom. The molecule has 0 saturated carbocycles. The molecule has 0 saturated heterocycles. The van der Waals surface area contributed by atoms with Gasteiger partial charge >= 0.3 is 0 Å². The molecule has 1 atom stereocenters. The maximum absolute atomic E-state index is 14.1. The average Bonchev–Trinajstić information content (AvgIpc) is 2.95. The highest BCUT2D eigenvalue weighted by Crippen LogP contribution is 2.32. The second-order valence-electron chi connectivity index (χ2n) is 10.5. The molecule has 0 unspecified atom stereocenters. The normalized spacial score (nSPS) is 12.2. The lowest BCUT2D eigenvalue weighted by Gasteiger charge is -2.34. The largest absolute Gasteiger partial charge is 0.493 e. The van der Waals surface area contributed by atoms with E-state index < -0.39 is 34.1 Å². The Morgan fingerprint density at radius 3 is 2.00 bits per heavy atom. The van der Waals surface area contributed by atoms with Crippen LogP contribution in [0.15, 0.2) is 83.8 Å². The van der Waals surface area contributed by atoms with Crippen molar-refractivity contribution < 1.29 is 27.5 Å². The van der Waals surface area contributed by atoms with Gasteiger partial charge in [0.1, 0.15) is 12.6 Å². The molecule has 2 amide bonds. The maximum atomic E-state index is 14.1. The van der Waals surface area contributed by atoms with Gasteiger partial charge in [-0.3, -0.25) is 13.9 Å². The lowest BCUT2D eigenvalue weighted by atomic mass is 10.1. The summed E-state index contributed by atoms with van der Waals surface area (Å²) in [6.45, 7) is 7.05. The summed E-state index contributed by atoms with van der Waals surface area (Å²) in [7, 11) is -1.37. The van der Waals surface area contributed by atoms with E-state index in [9.17, 15) is 18.0 Å². The van der Waals surface area contributed by atoms with Crippen molar-refractivity contribution in [3.8, 4) is 11.5 Å². The summed E-state index contributed by atoms with van der Waals surface area (Å²) in [5.41, 5.74) is 0.609. The minimum absolute atomic E-state index is 0.0704. The summed E-state index contributed by atoms with van der Waals surface area (Å²) in [4.78, 5) is 28.9. The number of amides is 2. The van der Waals surface area contributed by atoms with E-state index in [0.717, 1.165) is 9.87 Å². The fraction of sp³-hybridized carbons (Fsp3) is 0.355. The molecule has 9 nitrogen and oxygen atoms in total. The van der Waals surface area contributed by atoms with Crippen molar-refractivity contribution in [3.63, 3.8) is 0 Å². The number of hydrogen-bond acceptors (Lipinski definition) is 6. The molecule has 0 spiro atoms. The average molecular weight is 582 g/mol. The van der Waals surface area contributed by atoms with Crippen molar-refractivity contribution in [2.45, 2.75) is 57.1 Å². The maximum Gasteiger partial charge on any atom is 0.264 e. The Balaban J connectivity index is 2.07. The summed E-state index contributed by atoms with van der Waals surface area (Å²) in [6.07, 6.45) is 0.342. The summed E-state index contributed by atoms with van der Waals surface area (Å²) in [5.74, 6) is -0.210. The van der Waals surface area contributed by atoms with Crippen LogP contribution in [0.4, 0.5) is 5.69 Å². The number of nitrogens with zero attached hydrogens (tertiary/aromatic N) is 2. The third kappa shape index (κ3) is 8.00. The molecule has 1 N–H and O–H groups in total. The number of hydrogen-bond donors (Lipinski definition) is 1. The fourth-order valence-corrected chi connectivity index (χ4v) is 5.81. The highest BCUT2D eigenvalue weighted by atomic mass is 32.2. The van der Waals surface area contributed by atoms with Gasteiger partial charge in [-0.25, -0.2) is 8.42 Å². The summed E-state index contributed by atoms with van der Waals surface area (Å²) in [6, 6.07) is 21.2. The van der Waals surface area contributed by atoms with E-state index in [0.29, 0.717) is 17.9 Å². The van der Waals surface area contributed by atoms with Crippen LogP contribution in [0, 0.1) is 0 Å². The van der Waals surface area contributed by atoms with Gasteiger partial charge in [-0.05, 0) is 57.0 Å². The fourth-order valence-electron chi connectivity index (χ4n) is 4.38. The van der Waals surface area contributed by atoms with Gasteiger partial charge in [0.05, 0.1) is 24.8 Å². The van der Waals surface area contributed by atoms with Crippen LogP contribution in [0.5, 0.6) is 11.5 Å². The van der Waals surface area contributed by atoms with Gasteiger partial charge in [-0.1, -0.05) is 55.5 Å². The summed E-state index contributed by atoms with van der Waals surface area (Å²) in [5, 5.41) is 2.97. The van der Waals surface area contributed by atoms with E-state index in [-0.39, 0.29) is 23.1 Å². The number of nitrogens with one attached hydrogen (secondary N) is 1. The molecule has 3 aromatic carbocycles. The third-order valence-corrected chi connectivity index (χ3v) is 8.12. The Hall–Kier alpha value is -4.05. The topological polar surface area (TPSA) is 105 Å². The van der Waals surface area contributed by atoms with Gasteiger partial charge in [0, 0.05) is 18.2 Å². The number of rotatable bonds is 12. The molecule has 10 heteroatoms. The number of methoxy groups -OCH3 is 2. The van der Waals surface area contributed by atoms with E-state index in [1.165, 1.54) is 37.3 Å². The van der Waals surface area contributed by atoms with Crippen LogP contribution in [-0.2, 0) is 26.2 Å². The van der Waals surface area contributed by atoms with Crippen molar-refractivity contribution in [2.75, 3.05) is 25.1 Å². The van der Waals surface area contributed by atoms with Crippen LogP contribution in [-0.4, -0.2) is 57.5 Å². The SMILES string of the molecule is CC[C@H](C(=O)NC(C)(C)C)N(Cc1ccccc1)C(=O)CN(c1ccccc1)S(=O)(=O)c1ccc(OC)c(OC)c1. The monoisotopic (exact) mass is 581 g/mol. The van der Waals surface area contributed by atoms with Crippen LogP contribution < -0.4 is 19.1 Å². The molecule has 41 heavy (non-hydrogen) atoms. The van der Waals surface area contributed by atoms with Gasteiger partial charge in [-0.2, -0.15) is 0 Å². The first kappa shape index (κ1) is 31.5. The first-order chi connectivity index (χ1) is 19.4. The molecule has 0 radical (unpaired) electrons. The molecule has 0 bridgehead atoms. The van der Waals surface area contributed by atoms with Crippen LogP contribution in [0.2, 0.25) is 0 Å². The van der Waals surface area contributed by atoms with E-state index in [1.54, 1.807) is 30.3 Å². The van der Waals surface area contributed by atoms with E-state index in [4.69, 9.17) is 9.47 Å². The quantitative estimate of drug-likeness (QED) is 0.335. The molecule has 3 rings (SSSR count). The second-order valence-corrected chi connectivity index (χ2v) is 12.4. The number of carbonyl (C=O) groups excluding carboxylic acids is 2. The number of sulfonamides is 1. The van der Waals surface area contributed by atoms with Crippen molar-refractivity contribution >= 4 is 27.5 Å². The minimum Gasteiger partial charge on any atom is -0.493 e. The van der Waals surface area contributed by atoms with E-state index >= 15 is 0 Å². The van der Waals surface area contributed by atoms with Crippen LogP contribution in [0.3, 0.4) is 0 Å². The number of ether oxygens (including phenoxy) is 2. The van der Waals surface area contributed by atoms with Gasteiger partial charge < -0.3 is 19.7 Å². The standard InChI is InChI=1S/C31H39N3O6S/c1-7-26(30(36)32-31(2,3)4)33(21-23-14-10-8-11-15-23)29(35)22-34(24-16-12-9-13-17-24)41(37,38)25-18-19-27(39-5)28(20-25)40-6/h8-20,26H,7,21-22H2,1-6H3,(H,32,36)/t26-/m1/s1. The minimum atomic E-state index is -4.24. The van der Waals surface area contributed by atoms with Crippen molar-refractivity contribution in [1.82, 2.24) is 10.2 Å². The Kier molecular flexibility index (Phi) is 10.4. The molecule has 0 fully saturated rings. The zero-order valence-electron chi connectivity index (χ0n) is 24.5. The molecule has 0 heterocycles. The van der Waals surface area contributed by atoms with Crippen molar-refractivity contribution in [1.29, 1.82) is 0 Å².